The number of carbonyl (C=O) groups is 1. The fourth-order valence-corrected chi connectivity index (χ4v) is 3.57. The number of halogens is 1. The van der Waals surface area contributed by atoms with E-state index in [1.165, 1.54) is 0 Å². The number of aromatic amines is 1. The normalized spacial score (nSPS) is 12.4. The number of H-pyrrole nitrogens is 1. The van der Waals surface area contributed by atoms with Crippen molar-refractivity contribution < 1.29 is 9.90 Å². The third-order valence-electron chi connectivity index (χ3n) is 4.79. The van der Waals surface area contributed by atoms with Crippen molar-refractivity contribution in [3.63, 3.8) is 0 Å². The Kier molecular flexibility index (Phi) is 4.60. The molecule has 5 heteroatoms. The lowest BCUT2D eigenvalue weighted by Gasteiger charge is -2.13. The van der Waals surface area contributed by atoms with Gasteiger partial charge in [0.25, 0.3) is 5.91 Å². The smallest absolute Gasteiger partial charge is 0.253 e. The number of carbonyl (C=O) groups excluding carboxylic acids is 1. The van der Waals surface area contributed by atoms with Crippen LogP contribution in [0.3, 0.4) is 0 Å². The summed E-state index contributed by atoms with van der Waals surface area (Å²) in [7, 11) is 0. The van der Waals surface area contributed by atoms with E-state index in [-0.39, 0.29) is 12.5 Å². The maximum atomic E-state index is 12.7. The molecule has 0 saturated carbocycles. The molecule has 4 aromatic rings. The fourth-order valence-electron chi connectivity index (χ4n) is 3.40. The predicted octanol–water partition coefficient (Wildman–Crippen LogP) is 4.75. The van der Waals surface area contributed by atoms with Crippen LogP contribution < -0.4 is 5.32 Å². The van der Waals surface area contributed by atoms with Crippen LogP contribution in [-0.2, 0) is 0 Å². The molecule has 3 N–H and O–H groups in total. The van der Waals surface area contributed by atoms with Crippen LogP contribution in [0, 0.1) is 6.92 Å². The highest BCUT2D eigenvalue weighted by molar-refractivity contribution is 6.31. The second-order valence-corrected chi connectivity index (χ2v) is 7.08. The van der Waals surface area contributed by atoms with Crippen LogP contribution in [-0.4, -0.2) is 22.5 Å². The van der Waals surface area contributed by atoms with E-state index in [0.717, 1.165) is 32.9 Å². The quantitative estimate of drug-likeness (QED) is 0.480. The van der Waals surface area contributed by atoms with Gasteiger partial charge in [0, 0.05) is 28.2 Å². The number of aliphatic hydroxyl groups excluding tert-OH is 1. The highest BCUT2D eigenvalue weighted by Gasteiger charge is 2.18. The Morgan fingerprint density at radius 1 is 1.11 bits per heavy atom. The molecule has 0 radical (unpaired) electrons. The Balaban J connectivity index is 1.53. The lowest BCUT2D eigenvalue weighted by molar-refractivity contribution is 0.0917. The Morgan fingerprint density at radius 3 is 2.70 bits per heavy atom. The van der Waals surface area contributed by atoms with Gasteiger partial charge >= 0.3 is 0 Å². The molecule has 1 atom stereocenters. The van der Waals surface area contributed by atoms with E-state index in [9.17, 15) is 9.90 Å². The van der Waals surface area contributed by atoms with Crippen molar-refractivity contribution in [1.82, 2.24) is 10.3 Å². The lowest BCUT2D eigenvalue weighted by atomic mass is 10.0. The van der Waals surface area contributed by atoms with Crippen LogP contribution in [0.5, 0.6) is 0 Å². The zero-order chi connectivity index (χ0) is 19.0. The second kappa shape index (κ2) is 7.06. The Hall–Kier alpha value is -2.82. The van der Waals surface area contributed by atoms with Gasteiger partial charge in [0.2, 0.25) is 0 Å². The molecule has 0 aliphatic rings. The predicted molar refractivity (Wildman–Crippen MR) is 109 cm³/mol. The van der Waals surface area contributed by atoms with Gasteiger partial charge in [-0.1, -0.05) is 48.0 Å². The maximum Gasteiger partial charge on any atom is 0.253 e. The van der Waals surface area contributed by atoms with Gasteiger partial charge in [-0.05, 0) is 47.5 Å². The topological polar surface area (TPSA) is 65.1 Å². The van der Waals surface area contributed by atoms with Crippen LogP contribution in [0.4, 0.5) is 0 Å². The molecule has 4 nitrogen and oxygen atoms in total. The SMILES string of the molecule is Cc1[nH]c2ccc(Cl)cc2c1C(=O)NCC(O)c1ccc2ccccc2c1. The Labute approximate surface area is 161 Å². The van der Waals surface area contributed by atoms with Gasteiger partial charge in [0.1, 0.15) is 0 Å². The summed E-state index contributed by atoms with van der Waals surface area (Å²) in [5, 5.41) is 16.9. The van der Waals surface area contributed by atoms with Gasteiger partial charge in [-0.3, -0.25) is 4.79 Å². The number of benzene rings is 3. The van der Waals surface area contributed by atoms with Crippen molar-refractivity contribution >= 4 is 39.2 Å². The van der Waals surface area contributed by atoms with Crippen LogP contribution in [0.1, 0.15) is 27.7 Å². The molecule has 0 aliphatic carbocycles. The number of rotatable bonds is 4. The summed E-state index contributed by atoms with van der Waals surface area (Å²) in [6, 6.07) is 19.2. The number of hydrogen-bond acceptors (Lipinski definition) is 2. The largest absolute Gasteiger partial charge is 0.387 e. The zero-order valence-corrected chi connectivity index (χ0v) is 15.5. The summed E-state index contributed by atoms with van der Waals surface area (Å²) in [5.41, 5.74) is 2.95. The van der Waals surface area contributed by atoms with Crippen molar-refractivity contribution in [3.05, 3.63) is 82.5 Å². The van der Waals surface area contributed by atoms with E-state index in [4.69, 9.17) is 11.6 Å². The minimum absolute atomic E-state index is 0.129. The first-order valence-electron chi connectivity index (χ1n) is 8.76. The van der Waals surface area contributed by atoms with Crippen LogP contribution in [0.25, 0.3) is 21.7 Å². The van der Waals surface area contributed by atoms with Gasteiger partial charge in [0.15, 0.2) is 0 Å². The van der Waals surface area contributed by atoms with E-state index in [1.807, 2.05) is 55.5 Å². The molecule has 4 rings (SSSR count). The number of aliphatic hydroxyl groups is 1. The van der Waals surface area contributed by atoms with Crippen LogP contribution >= 0.6 is 11.6 Å². The highest BCUT2D eigenvalue weighted by atomic mass is 35.5. The lowest BCUT2D eigenvalue weighted by Crippen LogP contribution is -2.28. The molecule has 0 fully saturated rings. The van der Waals surface area contributed by atoms with Gasteiger partial charge in [-0.15, -0.1) is 0 Å². The average Bonchev–Trinajstić information content (AvgIpc) is 3.00. The van der Waals surface area contributed by atoms with Crippen LogP contribution in [0.2, 0.25) is 5.02 Å². The molecule has 1 amide bonds. The molecule has 0 bridgehead atoms. The number of fused-ring (bicyclic) bond motifs is 2. The number of aryl methyl sites for hydroxylation is 1. The van der Waals surface area contributed by atoms with E-state index >= 15 is 0 Å². The molecule has 0 spiro atoms. The molecule has 0 saturated heterocycles. The summed E-state index contributed by atoms with van der Waals surface area (Å²) < 4.78 is 0. The minimum Gasteiger partial charge on any atom is -0.387 e. The zero-order valence-electron chi connectivity index (χ0n) is 14.8. The van der Waals surface area contributed by atoms with Gasteiger partial charge in [-0.2, -0.15) is 0 Å². The molecule has 0 aliphatic heterocycles. The van der Waals surface area contributed by atoms with Gasteiger partial charge in [-0.25, -0.2) is 0 Å². The Bertz CT molecular complexity index is 1150. The minimum atomic E-state index is -0.785. The molecule has 136 valence electrons. The van der Waals surface area contributed by atoms with E-state index in [0.29, 0.717) is 10.6 Å². The monoisotopic (exact) mass is 378 g/mol. The standard InChI is InChI=1S/C22H19ClN2O2/c1-13-21(18-11-17(23)8-9-19(18)25-13)22(27)24-12-20(26)16-7-6-14-4-2-3-5-15(14)10-16/h2-11,20,25-26H,12H2,1H3,(H,24,27). The maximum absolute atomic E-state index is 12.7. The summed E-state index contributed by atoms with van der Waals surface area (Å²) in [5.74, 6) is -0.235. The second-order valence-electron chi connectivity index (χ2n) is 6.65. The van der Waals surface area contributed by atoms with Crippen molar-refractivity contribution in [2.45, 2.75) is 13.0 Å². The first-order valence-corrected chi connectivity index (χ1v) is 9.13. The van der Waals surface area contributed by atoms with Crippen molar-refractivity contribution in [2.75, 3.05) is 6.54 Å². The van der Waals surface area contributed by atoms with E-state index < -0.39 is 6.10 Å². The molecule has 3 aromatic carbocycles. The third-order valence-corrected chi connectivity index (χ3v) is 5.02. The van der Waals surface area contributed by atoms with Gasteiger partial charge in [0.05, 0.1) is 11.7 Å². The fraction of sp³-hybridized carbons (Fsp3) is 0.136. The van der Waals surface area contributed by atoms with Crippen molar-refractivity contribution in [1.29, 1.82) is 0 Å². The molecule has 1 aromatic heterocycles. The molecular formula is C22H19ClN2O2. The molecule has 1 heterocycles. The van der Waals surface area contributed by atoms with E-state index in [1.54, 1.807) is 12.1 Å². The van der Waals surface area contributed by atoms with Crippen molar-refractivity contribution in [2.24, 2.45) is 0 Å². The summed E-state index contributed by atoms with van der Waals surface area (Å²) in [4.78, 5) is 15.9. The summed E-state index contributed by atoms with van der Waals surface area (Å²) in [6.07, 6.45) is -0.785. The summed E-state index contributed by atoms with van der Waals surface area (Å²) >= 11 is 6.07. The number of nitrogens with one attached hydrogen (secondary N) is 2. The summed E-state index contributed by atoms with van der Waals surface area (Å²) in [6.45, 7) is 1.98. The van der Waals surface area contributed by atoms with Crippen LogP contribution in [0.15, 0.2) is 60.7 Å². The molecule has 1 unspecified atom stereocenters. The van der Waals surface area contributed by atoms with E-state index in [2.05, 4.69) is 10.3 Å². The highest BCUT2D eigenvalue weighted by Crippen LogP contribution is 2.26. The molecule has 27 heavy (non-hydrogen) atoms. The Morgan fingerprint density at radius 2 is 1.89 bits per heavy atom. The number of hydrogen-bond donors (Lipinski definition) is 3. The average molecular weight is 379 g/mol. The molecular weight excluding hydrogens is 360 g/mol. The first-order chi connectivity index (χ1) is 13.0. The number of amides is 1. The first kappa shape index (κ1) is 17.6. The number of aromatic nitrogens is 1. The van der Waals surface area contributed by atoms with Crippen molar-refractivity contribution in [3.8, 4) is 0 Å². The van der Waals surface area contributed by atoms with Gasteiger partial charge < -0.3 is 15.4 Å². The third kappa shape index (κ3) is 3.42.